The Morgan fingerprint density at radius 1 is 1.32 bits per heavy atom. The van der Waals surface area contributed by atoms with E-state index >= 15 is 0 Å². The van der Waals surface area contributed by atoms with Crippen LogP contribution in [-0.4, -0.2) is 12.1 Å². The first kappa shape index (κ1) is 14.4. The summed E-state index contributed by atoms with van der Waals surface area (Å²) in [7, 11) is 0. The molecule has 0 saturated heterocycles. The van der Waals surface area contributed by atoms with Gasteiger partial charge in [0, 0.05) is 6.92 Å². The summed E-state index contributed by atoms with van der Waals surface area (Å²) in [6, 6.07) is 0. The molecule has 0 bridgehead atoms. The zero-order valence-corrected chi connectivity index (χ0v) is 12.9. The van der Waals surface area contributed by atoms with E-state index in [1.165, 1.54) is 30.9 Å². The van der Waals surface area contributed by atoms with Gasteiger partial charge >= 0.3 is 5.97 Å². The van der Waals surface area contributed by atoms with Crippen LogP contribution in [-0.2, 0) is 9.53 Å². The molecule has 106 valence electrons. The van der Waals surface area contributed by atoms with Gasteiger partial charge < -0.3 is 4.74 Å². The first-order chi connectivity index (χ1) is 8.83. The number of rotatable bonds is 1. The lowest BCUT2D eigenvalue weighted by atomic mass is 9.59. The van der Waals surface area contributed by atoms with Crippen LogP contribution >= 0.6 is 0 Å². The molecule has 2 aliphatic rings. The molecule has 0 aromatic rings. The largest absolute Gasteiger partial charge is 0.458 e. The molecule has 0 aliphatic heterocycles. The minimum absolute atomic E-state index is 0.0103. The van der Waals surface area contributed by atoms with Crippen LogP contribution in [0.4, 0.5) is 0 Å². The Kier molecular flexibility index (Phi) is 3.89. The molecule has 0 heterocycles. The van der Waals surface area contributed by atoms with Crippen LogP contribution in [0.2, 0.25) is 0 Å². The Hall–Kier alpha value is -1.05. The number of allylic oxidation sites excluding steroid dienone is 3. The number of carbonyl (C=O) groups excluding carboxylic acids is 1. The molecule has 0 aromatic heterocycles. The van der Waals surface area contributed by atoms with Crippen LogP contribution in [0.15, 0.2) is 22.8 Å². The van der Waals surface area contributed by atoms with Gasteiger partial charge in [-0.15, -0.1) is 0 Å². The summed E-state index contributed by atoms with van der Waals surface area (Å²) in [6.07, 6.45) is 6.64. The fourth-order valence-electron chi connectivity index (χ4n) is 3.60. The van der Waals surface area contributed by atoms with Crippen molar-refractivity contribution in [1.82, 2.24) is 0 Å². The van der Waals surface area contributed by atoms with E-state index < -0.39 is 0 Å². The zero-order chi connectivity index (χ0) is 14.2. The van der Waals surface area contributed by atoms with Crippen LogP contribution in [0.5, 0.6) is 0 Å². The minimum atomic E-state index is -0.168. The van der Waals surface area contributed by atoms with Gasteiger partial charge in [0.1, 0.15) is 6.10 Å². The van der Waals surface area contributed by atoms with Crippen molar-refractivity contribution in [1.29, 1.82) is 0 Å². The maximum atomic E-state index is 11.1. The summed E-state index contributed by atoms with van der Waals surface area (Å²) < 4.78 is 5.40. The van der Waals surface area contributed by atoms with Crippen molar-refractivity contribution in [3.05, 3.63) is 22.8 Å². The van der Waals surface area contributed by atoms with Crippen LogP contribution in [0.25, 0.3) is 0 Å². The Morgan fingerprint density at radius 2 is 2.00 bits per heavy atom. The standard InChI is InChI=1S/C17H26O2/c1-11(2)14-6-7-15-9-16(19-13(4)18)8-12(3)17(15,5)10-14/h9,12,16H,6-8,10H2,1-5H3. The van der Waals surface area contributed by atoms with Gasteiger partial charge in [-0.3, -0.25) is 4.79 Å². The Morgan fingerprint density at radius 3 is 2.58 bits per heavy atom. The first-order valence-electron chi connectivity index (χ1n) is 7.36. The highest BCUT2D eigenvalue weighted by molar-refractivity contribution is 5.66. The van der Waals surface area contributed by atoms with E-state index in [-0.39, 0.29) is 17.5 Å². The van der Waals surface area contributed by atoms with Crippen molar-refractivity contribution in [2.45, 2.75) is 66.4 Å². The second kappa shape index (κ2) is 5.15. The fraction of sp³-hybridized carbons (Fsp3) is 0.706. The number of esters is 1. The van der Waals surface area contributed by atoms with Crippen molar-refractivity contribution in [3.63, 3.8) is 0 Å². The van der Waals surface area contributed by atoms with E-state index in [9.17, 15) is 4.79 Å². The third-order valence-electron chi connectivity index (χ3n) is 5.10. The molecule has 19 heavy (non-hydrogen) atoms. The molecule has 2 aliphatic carbocycles. The normalized spacial score (nSPS) is 34.4. The molecule has 1 saturated carbocycles. The molecule has 2 rings (SSSR count). The van der Waals surface area contributed by atoms with E-state index in [1.807, 2.05) is 0 Å². The van der Waals surface area contributed by atoms with Gasteiger partial charge in [-0.1, -0.05) is 30.6 Å². The summed E-state index contributed by atoms with van der Waals surface area (Å²) in [5.41, 5.74) is 4.87. The third kappa shape index (κ3) is 2.77. The number of ether oxygens (including phenoxy) is 1. The molecular formula is C17H26O2. The highest BCUT2D eigenvalue weighted by Crippen LogP contribution is 2.52. The summed E-state index contributed by atoms with van der Waals surface area (Å²) in [4.78, 5) is 11.1. The van der Waals surface area contributed by atoms with E-state index in [4.69, 9.17) is 4.74 Å². The summed E-state index contributed by atoms with van der Waals surface area (Å²) in [6.45, 7) is 10.6. The number of hydrogen-bond donors (Lipinski definition) is 0. The first-order valence-corrected chi connectivity index (χ1v) is 7.36. The summed E-state index contributed by atoms with van der Waals surface area (Å²) >= 11 is 0. The molecule has 0 radical (unpaired) electrons. The lowest BCUT2D eigenvalue weighted by Crippen LogP contribution is -2.38. The van der Waals surface area contributed by atoms with Crippen molar-refractivity contribution < 1.29 is 9.53 Å². The number of hydrogen-bond acceptors (Lipinski definition) is 2. The minimum Gasteiger partial charge on any atom is -0.458 e. The fourth-order valence-corrected chi connectivity index (χ4v) is 3.60. The van der Waals surface area contributed by atoms with Crippen LogP contribution < -0.4 is 0 Å². The van der Waals surface area contributed by atoms with Gasteiger partial charge in [-0.05, 0) is 56.9 Å². The zero-order valence-electron chi connectivity index (χ0n) is 12.9. The molecule has 2 nitrogen and oxygen atoms in total. The molecule has 3 atom stereocenters. The Labute approximate surface area is 116 Å². The quantitative estimate of drug-likeness (QED) is 0.517. The molecule has 0 N–H and O–H groups in total. The molecule has 0 amide bonds. The number of carbonyl (C=O) groups is 1. The van der Waals surface area contributed by atoms with Gasteiger partial charge in [0.15, 0.2) is 0 Å². The van der Waals surface area contributed by atoms with Crippen molar-refractivity contribution >= 4 is 5.97 Å². The van der Waals surface area contributed by atoms with Crippen molar-refractivity contribution in [2.24, 2.45) is 11.3 Å². The Bertz CT molecular complexity index is 440. The molecular weight excluding hydrogens is 236 g/mol. The van der Waals surface area contributed by atoms with E-state index in [0.717, 1.165) is 12.8 Å². The maximum absolute atomic E-state index is 11.1. The van der Waals surface area contributed by atoms with Gasteiger partial charge in [0.2, 0.25) is 0 Å². The predicted octanol–water partition coefficient (Wildman–Crippen LogP) is 4.41. The second-order valence-electron chi connectivity index (χ2n) is 6.67. The lowest BCUT2D eigenvalue weighted by molar-refractivity contribution is -0.145. The number of fused-ring (bicyclic) bond motifs is 1. The molecule has 0 aromatic carbocycles. The highest BCUT2D eigenvalue weighted by Gasteiger charge is 2.42. The topological polar surface area (TPSA) is 26.3 Å². The second-order valence-corrected chi connectivity index (χ2v) is 6.67. The van der Waals surface area contributed by atoms with E-state index in [2.05, 4.69) is 33.8 Å². The molecule has 3 unspecified atom stereocenters. The van der Waals surface area contributed by atoms with E-state index in [0.29, 0.717) is 5.92 Å². The SMILES string of the molecule is CC(=O)OC1C=C2CCC(=C(C)C)CC2(C)C(C)C1. The average molecular weight is 262 g/mol. The Balaban J connectivity index is 2.26. The summed E-state index contributed by atoms with van der Waals surface area (Å²) in [5, 5.41) is 0. The lowest BCUT2D eigenvalue weighted by Gasteiger charge is -2.47. The van der Waals surface area contributed by atoms with Gasteiger partial charge in [-0.25, -0.2) is 0 Å². The molecule has 2 heteroatoms. The van der Waals surface area contributed by atoms with Crippen LogP contribution in [0, 0.1) is 11.3 Å². The van der Waals surface area contributed by atoms with Crippen molar-refractivity contribution in [3.8, 4) is 0 Å². The van der Waals surface area contributed by atoms with Crippen molar-refractivity contribution in [2.75, 3.05) is 0 Å². The van der Waals surface area contributed by atoms with Crippen LogP contribution in [0.1, 0.15) is 60.3 Å². The van der Waals surface area contributed by atoms with E-state index in [1.54, 1.807) is 5.57 Å². The monoisotopic (exact) mass is 262 g/mol. The van der Waals surface area contributed by atoms with Gasteiger partial charge in [0.25, 0.3) is 0 Å². The average Bonchev–Trinajstić information content (AvgIpc) is 2.29. The highest BCUT2D eigenvalue weighted by atomic mass is 16.5. The maximum Gasteiger partial charge on any atom is 0.303 e. The molecule has 1 fully saturated rings. The van der Waals surface area contributed by atoms with Crippen LogP contribution in [0.3, 0.4) is 0 Å². The predicted molar refractivity (Wildman–Crippen MR) is 77.8 cm³/mol. The summed E-state index contributed by atoms with van der Waals surface area (Å²) in [5.74, 6) is 0.393. The third-order valence-corrected chi connectivity index (χ3v) is 5.10. The van der Waals surface area contributed by atoms with Gasteiger partial charge in [0.05, 0.1) is 0 Å². The van der Waals surface area contributed by atoms with Gasteiger partial charge in [-0.2, -0.15) is 0 Å². The molecule has 0 spiro atoms. The smallest absolute Gasteiger partial charge is 0.303 e.